The molecule has 0 saturated heterocycles. The van der Waals surface area contributed by atoms with E-state index in [1.807, 2.05) is 30.3 Å². The van der Waals surface area contributed by atoms with Crippen LogP contribution in [-0.2, 0) is 0 Å². The second kappa shape index (κ2) is 3.93. The van der Waals surface area contributed by atoms with Crippen molar-refractivity contribution >= 4 is 29.3 Å². The first-order chi connectivity index (χ1) is 7.29. The molecule has 0 aromatic heterocycles. The van der Waals surface area contributed by atoms with Gasteiger partial charge in [0.15, 0.2) is 0 Å². The Balaban J connectivity index is 0.000000963. The van der Waals surface area contributed by atoms with Crippen LogP contribution in [0.5, 0.6) is 0 Å². The third-order valence-electron chi connectivity index (χ3n) is 2.76. The molecule has 80 valence electrons. The first kappa shape index (κ1) is 11.2. The summed E-state index contributed by atoms with van der Waals surface area (Å²) < 4.78 is 0. The van der Waals surface area contributed by atoms with Crippen LogP contribution in [0.3, 0.4) is 0 Å². The van der Waals surface area contributed by atoms with Gasteiger partial charge in [0.25, 0.3) is 5.24 Å². The van der Waals surface area contributed by atoms with E-state index in [4.69, 9.17) is 11.6 Å². The summed E-state index contributed by atoms with van der Waals surface area (Å²) in [6.45, 7) is 0. The highest BCUT2D eigenvalue weighted by atomic mass is 35.5. The van der Waals surface area contributed by atoms with E-state index in [1.165, 1.54) is 5.56 Å². The average Bonchev–Trinajstić information content (AvgIpc) is 2.24. The Morgan fingerprint density at radius 2 is 1.50 bits per heavy atom. The summed E-state index contributed by atoms with van der Waals surface area (Å²) >= 11 is 5.54. The second-order valence-corrected chi connectivity index (χ2v) is 3.89. The van der Waals surface area contributed by atoms with Crippen molar-refractivity contribution in [2.75, 3.05) is 0 Å². The van der Waals surface area contributed by atoms with Crippen LogP contribution in [0.25, 0.3) is 22.3 Å². The molecule has 0 radical (unpaired) electrons. The van der Waals surface area contributed by atoms with E-state index in [0.29, 0.717) is 5.56 Å². The van der Waals surface area contributed by atoms with Crippen molar-refractivity contribution in [1.82, 2.24) is 0 Å². The third kappa shape index (κ3) is 1.36. The molecule has 0 atom stereocenters. The molecule has 2 aromatic carbocycles. The average molecular weight is 251 g/mol. The van der Waals surface area contributed by atoms with E-state index in [2.05, 4.69) is 6.07 Å². The topological polar surface area (TPSA) is 17.1 Å². The van der Waals surface area contributed by atoms with Gasteiger partial charge in [-0.15, -0.1) is 12.4 Å². The fourth-order valence-corrected chi connectivity index (χ4v) is 2.26. The molecule has 0 heterocycles. The first-order valence-electron chi connectivity index (χ1n) is 4.71. The van der Waals surface area contributed by atoms with Crippen LogP contribution in [-0.4, -0.2) is 5.24 Å². The van der Waals surface area contributed by atoms with Gasteiger partial charge >= 0.3 is 0 Å². The molecule has 2 aromatic rings. The molecule has 0 unspecified atom stereocenters. The van der Waals surface area contributed by atoms with Crippen molar-refractivity contribution in [2.45, 2.75) is 0 Å². The van der Waals surface area contributed by atoms with Gasteiger partial charge in [-0.25, -0.2) is 0 Å². The number of carbonyl (C=O) groups excluding carboxylic acids is 1. The zero-order valence-corrected chi connectivity index (χ0v) is 9.81. The van der Waals surface area contributed by atoms with Crippen LogP contribution in [0, 0.1) is 0 Å². The largest absolute Gasteiger partial charge is 0.276 e. The van der Waals surface area contributed by atoms with Crippen LogP contribution in [0.1, 0.15) is 10.4 Å². The Hall–Kier alpha value is -1.31. The lowest BCUT2D eigenvalue weighted by Gasteiger charge is -2.25. The van der Waals surface area contributed by atoms with Gasteiger partial charge in [0, 0.05) is 11.1 Å². The van der Waals surface area contributed by atoms with Crippen molar-refractivity contribution in [2.24, 2.45) is 0 Å². The molecular weight excluding hydrogens is 243 g/mol. The summed E-state index contributed by atoms with van der Waals surface area (Å²) in [4.78, 5) is 11.2. The number of halogens is 2. The summed E-state index contributed by atoms with van der Waals surface area (Å²) in [6, 6.07) is 13.7. The van der Waals surface area contributed by atoms with Gasteiger partial charge in [-0.2, -0.15) is 0 Å². The minimum absolute atomic E-state index is 0. The molecule has 0 spiro atoms. The van der Waals surface area contributed by atoms with Crippen LogP contribution in [0.4, 0.5) is 0 Å². The molecule has 1 nitrogen and oxygen atoms in total. The summed E-state index contributed by atoms with van der Waals surface area (Å²) in [5, 5.41) is -0.388. The molecule has 3 rings (SSSR count). The first-order valence-corrected chi connectivity index (χ1v) is 5.09. The Kier molecular flexibility index (Phi) is 2.75. The molecule has 1 aliphatic rings. The lowest BCUT2D eigenvalue weighted by atomic mass is 9.78. The zero-order chi connectivity index (χ0) is 10.4. The van der Waals surface area contributed by atoms with E-state index < -0.39 is 0 Å². The smallest absolute Gasteiger partial charge is 0.253 e. The molecule has 0 amide bonds. The highest BCUT2D eigenvalue weighted by Crippen LogP contribution is 2.48. The summed E-state index contributed by atoms with van der Waals surface area (Å²) in [5.41, 5.74) is 5.04. The maximum absolute atomic E-state index is 11.2. The SMILES string of the molecule is Cl.O=C(Cl)c1cccc2c1-c1ccccc1-2. The van der Waals surface area contributed by atoms with Crippen molar-refractivity contribution in [3.8, 4) is 22.3 Å². The number of carbonyl (C=O) groups is 1. The summed E-state index contributed by atoms with van der Waals surface area (Å²) in [5.74, 6) is 0. The van der Waals surface area contributed by atoms with Crippen molar-refractivity contribution in [3.63, 3.8) is 0 Å². The molecule has 0 saturated carbocycles. The Labute approximate surface area is 104 Å². The van der Waals surface area contributed by atoms with E-state index in [9.17, 15) is 4.79 Å². The van der Waals surface area contributed by atoms with E-state index in [-0.39, 0.29) is 17.6 Å². The van der Waals surface area contributed by atoms with Gasteiger partial charge in [0.1, 0.15) is 0 Å². The maximum Gasteiger partial charge on any atom is 0.253 e. The Bertz CT molecular complexity index is 576. The van der Waals surface area contributed by atoms with Gasteiger partial charge in [-0.05, 0) is 34.4 Å². The van der Waals surface area contributed by atoms with E-state index in [0.717, 1.165) is 16.7 Å². The molecular formula is C13H8Cl2O. The lowest BCUT2D eigenvalue weighted by molar-refractivity contribution is 0.108. The standard InChI is InChI=1S/C13H7ClO.ClH/c14-13(15)11-7-3-6-10-8-4-1-2-5-9(8)12(10)11;/h1-7H;1H. The quantitative estimate of drug-likeness (QED) is 0.594. The monoisotopic (exact) mass is 250 g/mol. The normalized spacial score (nSPS) is 10.6. The predicted molar refractivity (Wildman–Crippen MR) is 68.3 cm³/mol. The van der Waals surface area contributed by atoms with Gasteiger partial charge in [0.05, 0.1) is 0 Å². The van der Waals surface area contributed by atoms with Crippen molar-refractivity contribution in [3.05, 3.63) is 48.0 Å². The predicted octanol–water partition coefficient (Wildman–Crippen LogP) is 4.13. The number of hydrogen-bond acceptors (Lipinski definition) is 1. The van der Waals surface area contributed by atoms with Crippen molar-refractivity contribution < 1.29 is 4.79 Å². The van der Waals surface area contributed by atoms with Crippen LogP contribution >= 0.6 is 24.0 Å². The Morgan fingerprint density at radius 3 is 2.19 bits per heavy atom. The number of hydrogen-bond donors (Lipinski definition) is 0. The van der Waals surface area contributed by atoms with E-state index in [1.54, 1.807) is 6.07 Å². The Morgan fingerprint density at radius 1 is 0.875 bits per heavy atom. The van der Waals surface area contributed by atoms with Gasteiger partial charge < -0.3 is 0 Å². The highest BCUT2D eigenvalue weighted by molar-refractivity contribution is 6.68. The van der Waals surface area contributed by atoms with Gasteiger partial charge in [0.2, 0.25) is 0 Å². The fourth-order valence-electron chi connectivity index (χ4n) is 2.10. The molecule has 0 bridgehead atoms. The highest BCUT2D eigenvalue weighted by Gasteiger charge is 2.25. The molecule has 0 fully saturated rings. The van der Waals surface area contributed by atoms with Crippen molar-refractivity contribution in [1.29, 1.82) is 0 Å². The molecule has 1 aliphatic carbocycles. The lowest BCUT2D eigenvalue weighted by Crippen LogP contribution is -2.04. The van der Waals surface area contributed by atoms with Gasteiger partial charge in [-0.1, -0.05) is 36.4 Å². The van der Waals surface area contributed by atoms with Gasteiger partial charge in [-0.3, -0.25) is 4.79 Å². The fraction of sp³-hybridized carbons (Fsp3) is 0. The van der Waals surface area contributed by atoms with Crippen LogP contribution < -0.4 is 0 Å². The number of rotatable bonds is 1. The second-order valence-electron chi connectivity index (χ2n) is 3.55. The zero-order valence-electron chi connectivity index (χ0n) is 8.24. The summed E-state index contributed by atoms with van der Waals surface area (Å²) in [6.07, 6.45) is 0. The molecule has 0 aliphatic heterocycles. The van der Waals surface area contributed by atoms with E-state index >= 15 is 0 Å². The molecule has 0 N–H and O–H groups in total. The van der Waals surface area contributed by atoms with Crippen LogP contribution in [0.15, 0.2) is 42.5 Å². The van der Waals surface area contributed by atoms with Crippen LogP contribution in [0.2, 0.25) is 0 Å². The summed E-state index contributed by atoms with van der Waals surface area (Å²) in [7, 11) is 0. The third-order valence-corrected chi connectivity index (χ3v) is 2.97. The molecule has 3 heteroatoms. The minimum Gasteiger partial charge on any atom is -0.276 e. The number of fused-ring (bicyclic) bond motifs is 4. The number of benzene rings is 2. The maximum atomic E-state index is 11.2. The minimum atomic E-state index is -0.388. The molecule has 16 heavy (non-hydrogen) atoms.